The monoisotopic (exact) mass is 704 g/mol. The van der Waals surface area contributed by atoms with Gasteiger partial charge in [0, 0.05) is 44.3 Å². The summed E-state index contributed by atoms with van der Waals surface area (Å²) >= 11 is 0. The van der Waals surface area contributed by atoms with Gasteiger partial charge in [0.15, 0.2) is 0 Å². The van der Waals surface area contributed by atoms with Crippen molar-refractivity contribution >= 4 is 23.8 Å². The summed E-state index contributed by atoms with van der Waals surface area (Å²) < 4.78 is 103. The zero-order chi connectivity index (χ0) is 36.1. The van der Waals surface area contributed by atoms with Gasteiger partial charge in [-0.15, -0.1) is 0 Å². The van der Waals surface area contributed by atoms with Crippen LogP contribution in [0.5, 0.6) is 5.75 Å². The van der Waals surface area contributed by atoms with E-state index in [1.165, 1.54) is 24.1 Å². The number of carbonyl (C=O) groups is 3. The molecule has 1 fully saturated rings. The largest absolute Gasteiger partial charge is 0.496 e. The van der Waals surface area contributed by atoms with Crippen molar-refractivity contribution in [3.63, 3.8) is 0 Å². The SMILES string of the molecule is CCOC(=O)N1c2cc(C(=O)NCCN3CCOCC3)c(OC)cc2[C@H](N(Cc2cc(C(F)(F)F)cc(C(F)(F)F)c2)C(=O)OC)C[C@@H]1C. The lowest BCUT2D eigenvalue weighted by molar-refractivity contribution is -0.143. The molecule has 1 N–H and O–H groups in total. The molecule has 0 spiro atoms. The molecule has 2 heterocycles. The van der Waals surface area contributed by atoms with Crippen LogP contribution in [0.25, 0.3) is 0 Å². The van der Waals surface area contributed by atoms with E-state index in [-0.39, 0.29) is 48.2 Å². The third-order valence-electron chi connectivity index (χ3n) is 8.28. The maximum atomic E-state index is 13.7. The third kappa shape index (κ3) is 8.86. The van der Waals surface area contributed by atoms with Crippen LogP contribution in [0.2, 0.25) is 0 Å². The molecule has 0 saturated carbocycles. The Bertz CT molecular complexity index is 1480. The average Bonchev–Trinajstić information content (AvgIpc) is 3.05. The molecule has 0 aliphatic carbocycles. The number of rotatable bonds is 9. The summed E-state index contributed by atoms with van der Waals surface area (Å²) in [6.45, 7) is 5.93. The first-order valence-corrected chi connectivity index (χ1v) is 15.5. The fraction of sp³-hybridized carbons (Fsp3) is 0.531. The molecular formula is C32H38F6N4O7. The second-order valence-corrected chi connectivity index (χ2v) is 11.5. The molecule has 2 aliphatic heterocycles. The number of halogens is 6. The van der Waals surface area contributed by atoms with Crippen molar-refractivity contribution < 1.29 is 59.7 Å². The predicted molar refractivity (Wildman–Crippen MR) is 163 cm³/mol. The molecule has 4 rings (SSSR count). The number of fused-ring (bicyclic) bond motifs is 1. The predicted octanol–water partition coefficient (Wildman–Crippen LogP) is 5.86. The van der Waals surface area contributed by atoms with E-state index in [1.54, 1.807) is 13.8 Å². The van der Waals surface area contributed by atoms with E-state index in [4.69, 9.17) is 18.9 Å². The van der Waals surface area contributed by atoms with Crippen molar-refractivity contribution in [2.24, 2.45) is 0 Å². The zero-order valence-corrected chi connectivity index (χ0v) is 27.4. The highest BCUT2D eigenvalue weighted by atomic mass is 19.4. The van der Waals surface area contributed by atoms with E-state index < -0.39 is 65.8 Å². The third-order valence-corrected chi connectivity index (χ3v) is 8.28. The standard InChI is InChI=1S/C32H38F6N4O7/c1-5-49-30(45)42-19(2)12-25(41(29(44)47-4)18-20-13-21(31(33,34)35)15-22(14-20)32(36,37)38)23-17-27(46-3)24(16-26(23)42)28(43)39-6-7-40-8-10-48-11-9-40/h13-17,19,25H,5-12,18H2,1-4H3,(H,39,43)/t19-,25+/m0/s1. The summed E-state index contributed by atoms with van der Waals surface area (Å²) in [4.78, 5) is 44.3. The highest BCUT2D eigenvalue weighted by Crippen LogP contribution is 2.45. The van der Waals surface area contributed by atoms with E-state index in [0.29, 0.717) is 45.0 Å². The normalized spacial score (nSPS) is 18.4. The molecular weight excluding hydrogens is 666 g/mol. The summed E-state index contributed by atoms with van der Waals surface area (Å²) in [6.07, 6.45) is -12.1. The molecule has 2 atom stereocenters. The Kier molecular flexibility index (Phi) is 11.9. The van der Waals surface area contributed by atoms with Gasteiger partial charge in [-0.05, 0) is 56.2 Å². The van der Waals surface area contributed by atoms with Crippen molar-refractivity contribution in [1.82, 2.24) is 15.1 Å². The zero-order valence-electron chi connectivity index (χ0n) is 27.4. The van der Waals surface area contributed by atoms with E-state index in [0.717, 1.165) is 12.0 Å². The Labute approximate surface area is 279 Å². The second kappa shape index (κ2) is 15.5. The Morgan fingerprint density at radius 1 is 0.980 bits per heavy atom. The van der Waals surface area contributed by atoms with Crippen LogP contribution >= 0.6 is 0 Å². The first-order valence-electron chi connectivity index (χ1n) is 15.5. The average molecular weight is 705 g/mol. The lowest BCUT2D eigenvalue weighted by Crippen LogP contribution is -2.48. The molecule has 0 bridgehead atoms. The molecule has 0 unspecified atom stereocenters. The quantitative estimate of drug-likeness (QED) is 0.324. The molecule has 0 radical (unpaired) electrons. The minimum Gasteiger partial charge on any atom is -0.496 e. The Hall–Kier alpha value is -4.25. The Morgan fingerprint density at radius 3 is 2.16 bits per heavy atom. The smallest absolute Gasteiger partial charge is 0.416 e. The van der Waals surface area contributed by atoms with Crippen molar-refractivity contribution in [2.75, 3.05) is 65.1 Å². The maximum absolute atomic E-state index is 13.7. The number of nitrogens with one attached hydrogen (secondary N) is 1. The summed E-state index contributed by atoms with van der Waals surface area (Å²) in [6, 6.07) is 2.10. The highest BCUT2D eigenvalue weighted by molar-refractivity contribution is 6.00. The van der Waals surface area contributed by atoms with Gasteiger partial charge in [-0.1, -0.05) is 0 Å². The first kappa shape index (κ1) is 37.6. The molecule has 3 amide bonds. The fourth-order valence-corrected chi connectivity index (χ4v) is 5.94. The summed E-state index contributed by atoms with van der Waals surface area (Å²) in [5.41, 5.74) is -3.14. The number of nitrogens with zero attached hydrogens (tertiary/aromatic N) is 3. The van der Waals surface area contributed by atoms with Gasteiger partial charge in [0.1, 0.15) is 5.75 Å². The van der Waals surface area contributed by atoms with Gasteiger partial charge in [0.2, 0.25) is 0 Å². The number of benzene rings is 2. The lowest BCUT2D eigenvalue weighted by atomic mass is 9.89. The van der Waals surface area contributed by atoms with Crippen molar-refractivity contribution in [3.05, 3.63) is 58.1 Å². The van der Waals surface area contributed by atoms with Crippen molar-refractivity contribution in [2.45, 2.75) is 51.2 Å². The van der Waals surface area contributed by atoms with Gasteiger partial charge in [-0.25, -0.2) is 9.59 Å². The van der Waals surface area contributed by atoms with Gasteiger partial charge < -0.3 is 24.3 Å². The van der Waals surface area contributed by atoms with Crippen LogP contribution in [0, 0.1) is 0 Å². The van der Waals surface area contributed by atoms with Gasteiger partial charge in [0.25, 0.3) is 5.91 Å². The lowest BCUT2D eigenvalue weighted by Gasteiger charge is -2.42. The summed E-state index contributed by atoms with van der Waals surface area (Å²) in [5, 5.41) is 2.83. The van der Waals surface area contributed by atoms with Gasteiger partial charge in [-0.2, -0.15) is 26.3 Å². The van der Waals surface area contributed by atoms with Crippen LogP contribution in [0.4, 0.5) is 41.6 Å². The molecule has 2 aromatic carbocycles. The van der Waals surface area contributed by atoms with Gasteiger partial charge in [-0.3, -0.25) is 19.5 Å². The van der Waals surface area contributed by atoms with E-state index in [1.807, 2.05) is 0 Å². The molecule has 49 heavy (non-hydrogen) atoms. The topological polar surface area (TPSA) is 110 Å². The van der Waals surface area contributed by atoms with Crippen molar-refractivity contribution in [3.8, 4) is 5.75 Å². The van der Waals surface area contributed by atoms with Crippen molar-refractivity contribution in [1.29, 1.82) is 0 Å². The number of anilines is 1. The van der Waals surface area contributed by atoms with Gasteiger partial charge in [0.05, 0.1) is 62.5 Å². The van der Waals surface area contributed by atoms with Gasteiger partial charge >= 0.3 is 24.5 Å². The number of hydrogen-bond acceptors (Lipinski definition) is 8. The number of methoxy groups -OCH3 is 2. The van der Waals surface area contributed by atoms with Crippen LogP contribution in [0.1, 0.15) is 58.9 Å². The number of amides is 3. The molecule has 1 saturated heterocycles. The van der Waals surface area contributed by atoms with E-state index >= 15 is 0 Å². The van der Waals surface area contributed by atoms with Crippen LogP contribution in [0.3, 0.4) is 0 Å². The molecule has 2 aromatic rings. The van der Waals surface area contributed by atoms with E-state index in [9.17, 15) is 40.7 Å². The summed E-state index contributed by atoms with van der Waals surface area (Å²) in [7, 11) is 2.32. The maximum Gasteiger partial charge on any atom is 0.416 e. The summed E-state index contributed by atoms with van der Waals surface area (Å²) in [5.74, 6) is -0.478. The molecule has 11 nitrogen and oxygen atoms in total. The van der Waals surface area contributed by atoms with Crippen LogP contribution < -0.4 is 15.0 Å². The number of hydrogen-bond donors (Lipinski definition) is 1. The Balaban J connectivity index is 1.78. The number of ether oxygens (including phenoxy) is 4. The number of alkyl halides is 6. The van der Waals surface area contributed by atoms with E-state index in [2.05, 4.69) is 10.2 Å². The number of carbonyl (C=O) groups excluding carboxylic acids is 3. The Morgan fingerprint density at radius 2 is 1.61 bits per heavy atom. The first-order chi connectivity index (χ1) is 23.1. The minimum absolute atomic E-state index is 0.000420. The molecule has 2 aliphatic rings. The molecule has 17 heteroatoms. The molecule has 270 valence electrons. The minimum atomic E-state index is -5.11. The van der Waals surface area contributed by atoms with Crippen LogP contribution in [-0.2, 0) is 33.1 Å². The fourth-order valence-electron chi connectivity index (χ4n) is 5.94. The van der Waals surface area contributed by atoms with Crippen LogP contribution in [-0.4, -0.2) is 94.2 Å². The second-order valence-electron chi connectivity index (χ2n) is 11.5. The van der Waals surface area contributed by atoms with Crippen LogP contribution in [0.15, 0.2) is 30.3 Å². The highest BCUT2D eigenvalue weighted by Gasteiger charge is 2.42. The molecule has 0 aromatic heterocycles. The number of morpholine rings is 1.